The molecule has 0 bridgehead atoms. The van der Waals surface area contributed by atoms with Gasteiger partial charge in [-0.2, -0.15) is 0 Å². The summed E-state index contributed by atoms with van der Waals surface area (Å²) in [6.45, 7) is 2.06. The highest BCUT2D eigenvalue weighted by Crippen LogP contribution is 2.24. The van der Waals surface area contributed by atoms with E-state index in [0.717, 1.165) is 5.69 Å². The summed E-state index contributed by atoms with van der Waals surface area (Å²) in [6, 6.07) is 6.42. The van der Waals surface area contributed by atoms with Crippen molar-refractivity contribution in [2.24, 2.45) is 0 Å². The summed E-state index contributed by atoms with van der Waals surface area (Å²) in [4.78, 5) is 37.5. The monoisotopic (exact) mass is 349 g/mol. The van der Waals surface area contributed by atoms with Crippen LogP contribution in [-0.4, -0.2) is 65.2 Å². The molecule has 2 aliphatic rings. The topological polar surface area (TPSA) is 113 Å². The van der Waals surface area contributed by atoms with Crippen molar-refractivity contribution in [2.75, 3.05) is 31.1 Å². The van der Waals surface area contributed by atoms with Crippen LogP contribution < -0.4 is 4.90 Å². The lowest BCUT2D eigenvalue weighted by atomic mass is 10.1. The molecule has 2 fully saturated rings. The summed E-state index contributed by atoms with van der Waals surface area (Å²) in [6.07, 6.45) is -0.828. The predicted octanol–water partition coefficient (Wildman–Crippen LogP) is 0.876. The quantitative estimate of drug-likeness (QED) is 0.634. The molecule has 0 spiro atoms. The van der Waals surface area contributed by atoms with E-state index in [1.807, 2.05) is 11.0 Å². The average Bonchev–Trinajstić information content (AvgIpc) is 3.12. The van der Waals surface area contributed by atoms with Crippen LogP contribution in [0, 0.1) is 10.1 Å². The molecule has 134 valence electrons. The highest BCUT2D eigenvalue weighted by molar-refractivity contribution is 5.83. The number of nitrogens with zero attached hydrogens (tertiary/aromatic N) is 3. The van der Waals surface area contributed by atoms with E-state index in [9.17, 15) is 19.7 Å². The fourth-order valence-corrected chi connectivity index (χ4v) is 3.19. The van der Waals surface area contributed by atoms with Gasteiger partial charge in [-0.05, 0) is 18.9 Å². The van der Waals surface area contributed by atoms with Gasteiger partial charge in [-0.3, -0.25) is 14.9 Å². The van der Waals surface area contributed by atoms with Crippen molar-refractivity contribution in [2.45, 2.75) is 25.0 Å². The van der Waals surface area contributed by atoms with E-state index in [1.165, 1.54) is 12.1 Å². The molecular formula is C16H19N3O6. The van der Waals surface area contributed by atoms with Crippen LogP contribution in [0.4, 0.5) is 11.4 Å². The van der Waals surface area contributed by atoms with Crippen molar-refractivity contribution in [3.63, 3.8) is 0 Å². The molecule has 2 aliphatic heterocycles. The Morgan fingerprint density at radius 1 is 1.16 bits per heavy atom. The Morgan fingerprint density at radius 3 is 2.44 bits per heavy atom. The smallest absolute Gasteiger partial charge is 0.332 e. The van der Waals surface area contributed by atoms with Gasteiger partial charge in [0.25, 0.3) is 11.6 Å². The average molecular weight is 349 g/mol. The van der Waals surface area contributed by atoms with Gasteiger partial charge in [-0.1, -0.05) is 6.07 Å². The van der Waals surface area contributed by atoms with Crippen LogP contribution in [0.2, 0.25) is 0 Å². The fraction of sp³-hybridized carbons (Fsp3) is 0.500. The van der Waals surface area contributed by atoms with Gasteiger partial charge in [-0.25, -0.2) is 4.79 Å². The normalized spacial score (nSPS) is 23.5. The maximum atomic E-state index is 12.5. The molecule has 2 saturated heterocycles. The van der Waals surface area contributed by atoms with Crippen molar-refractivity contribution in [3.8, 4) is 0 Å². The van der Waals surface area contributed by atoms with Crippen LogP contribution in [0.1, 0.15) is 12.8 Å². The lowest BCUT2D eigenvalue weighted by Crippen LogP contribution is -2.51. The SMILES string of the molecule is O=C(O)[C@H]1CC[C@@H](C(=O)N2CCN(c3cccc([N+](=O)[O-])c3)CC2)O1. The molecule has 2 atom stereocenters. The Bertz CT molecular complexity index is 686. The van der Waals surface area contributed by atoms with E-state index in [0.29, 0.717) is 39.0 Å². The molecule has 3 rings (SSSR count). The second-order valence-electron chi connectivity index (χ2n) is 6.12. The van der Waals surface area contributed by atoms with Gasteiger partial charge in [0.15, 0.2) is 6.10 Å². The number of carbonyl (C=O) groups is 2. The van der Waals surface area contributed by atoms with Crippen molar-refractivity contribution in [1.29, 1.82) is 0 Å². The Kier molecular flexibility index (Phi) is 4.84. The fourth-order valence-electron chi connectivity index (χ4n) is 3.19. The first-order valence-electron chi connectivity index (χ1n) is 8.12. The number of carbonyl (C=O) groups excluding carboxylic acids is 1. The maximum Gasteiger partial charge on any atom is 0.332 e. The third-order valence-corrected chi connectivity index (χ3v) is 4.57. The van der Waals surface area contributed by atoms with Gasteiger partial charge < -0.3 is 19.6 Å². The van der Waals surface area contributed by atoms with Gasteiger partial charge in [0.2, 0.25) is 0 Å². The Balaban J connectivity index is 1.57. The number of rotatable bonds is 4. The van der Waals surface area contributed by atoms with E-state index in [4.69, 9.17) is 9.84 Å². The number of non-ortho nitro benzene ring substituents is 1. The molecule has 1 N–H and O–H groups in total. The van der Waals surface area contributed by atoms with Crippen LogP contribution in [-0.2, 0) is 14.3 Å². The van der Waals surface area contributed by atoms with Crippen LogP contribution in [0.5, 0.6) is 0 Å². The summed E-state index contributed by atoms with van der Waals surface area (Å²) in [5.74, 6) is -1.21. The number of anilines is 1. The molecular weight excluding hydrogens is 330 g/mol. The highest BCUT2D eigenvalue weighted by atomic mass is 16.6. The van der Waals surface area contributed by atoms with Crippen molar-refractivity contribution >= 4 is 23.3 Å². The molecule has 1 amide bonds. The number of hydrogen-bond donors (Lipinski definition) is 1. The molecule has 2 heterocycles. The van der Waals surface area contributed by atoms with E-state index in [1.54, 1.807) is 11.0 Å². The lowest BCUT2D eigenvalue weighted by Gasteiger charge is -2.37. The highest BCUT2D eigenvalue weighted by Gasteiger charge is 2.37. The summed E-state index contributed by atoms with van der Waals surface area (Å²) in [7, 11) is 0. The molecule has 0 saturated carbocycles. The zero-order chi connectivity index (χ0) is 18.0. The van der Waals surface area contributed by atoms with Crippen molar-refractivity contribution in [1.82, 2.24) is 4.90 Å². The summed E-state index contributed by atoms with van der Waals surface area (Å²) in [5, 5.41) is 19.8. The first-order chi connectivity index (χ1) is 12.0. The van der Waals surface area contributed by atoms with Crippen molar-refractivity contribution < 1.29 is 24.4 Å². The van der Waals surface area contributed by atoms with Crippen LogP contribution >= 0.6 is 0 Å². The number of aliphatic carboxylic acids is 1. The molecule has 9 nitrogen and oxygen atoms in total. The van der Waals surface area contributed by atoms with E-state index in [2.05, 4.69) is 0 Å². The standard InChI is InChI=1S/C16H19N3O6/c20-15(13-4-5-14(25-13)16(21)22)18-8-6-17(7-9-18)11-2-1-3-12(10-11)19(23)24/h1-3,10,13-14H,4-9H2,(H,21,22)/t13-,14+/m0/s1. The second kappa shape index (κ2) is 7.06. The van der Waals surface area contributed by atoms with Crippen LogP contribution in [0.25, 0.3) is 0 Å². The van der Waals surface area contributed by atoms with Gasteiger partial charge in [-0.15, -0.1) is 0 Å². The van der Waals surface area contributed by atoms with Crippen LogP contribution in [0.3, 0.4) is 0 Å². The molecule has 1 aromatic rings. The van der Waals surface area contributed by atoms with Gasteiger partial charge in [0.1, 0.15) is 6.10 Å². The number of amides is 1. The zero-order valence-corrected chi connectivity index (χ0v) is 13.5. The maximum absolute atomic E-state index is 12.5. The van der Waals surface area contributed by atoms with E-state index in [-0.39, 0.29) is 11.6 Å². The predicted molar refractivity (Wildman–Crippen MR) is 87.4 cm³/mol. The minimum Gasteiger partial charge on any atom is -0.479 e. The molecule has 1 aromatic carbocycles. The lowest BCUT2D eigenvalue weighted by molar-refractivity contribution is -0.384. The number of benzene rings is 1. The number of ether oxygens (including phenoxy) is 1. The van der Waals surface area contributed by atoms with Gasteiger partial charge in [0, 0.05) is 44.0 Å². The molecule has 0 radical (unpaired) electrons. The van der Waals surface area contributed by atoms with Crippen LogP contribution in [0.15, 0.2) is 24.3 Å². The minimum atomic E-state index is -1.04. The first kappa shape index (κ1) is 17.2. The Labute approximate surface area is 143 Å². The van der Waals surface area contributed by atoms with E-state index >= 15 is 0 Å². The Morgan fingerprint density at radius 2 is 1.84 bits per heavy atom. The van der Waals surface area contributed by atoms with Gasteiger partial charge >= 0.3 is 5.97 Å². The molecule has 0 aliphatic carbocycles. The zero-order valence-electron chi connectivity index (χ0n) is 13.5. The number of nitro groups is 1. The number of piperazine rings is 1. The van der Waals surface area contributed by atoms with Crippen molar-refractivity contribution in [3.05, 3.63) is 34.4 Å². The molecule has 25 heavy (non-hydrogen) atoms. The first-order valence-corrected chi connectivity index (χ1v) is 8.12. The summed E-state index contributed by atoms with van der Waals surface area (Å²) >= 11 is 0. The Hall–Kier alpha value is -2.68. The number of carboxylic acids is 1. The molecule has 0 unspecified atom stereocenters. The second-order valence-corrected chi connectivity index (χ2v) is 6.12. The third-order valence-electron chi connectivity index (χ3n) is 4.57. The van der Waals surface area contributed by atoms with Gasteiger partial charge in [0.05, 0.1) is 4.92 Å². The number of carboxylic acid groups (broad SMARTS) is 1. The molecule has 9 heteroatoms. The number of nitro benzene ring substituents is 1. The third kappa shape index (κ3) is 3.71. The number of hydrogen-bond acceptors (Lipinski definition) is 6. The minimum absolute atomic E-state index is 0.0371. The largest absolute Gasteiger partial charge is 0.479 e. The van der Waals surface area contributed by atoms with E-state index < -0.39 is 23.1 Å². The summed E-state index contributed by atoms with van der Waals surface area (Å²) < 4.78 is 5.31. The summed E-state index contributed by atoms with van der Waals surface area (Å²) in [5.41, 5.74) is 0.791. The molecule has 0 aromatic heterocycles.